The first-order chi connectivity index (χ1) is 9.61. The molecule has 0 atom stereocenters. The molecular weight excluding hydrogens is 301 g/mol. The molecule has 106 valence electrons. The van der Waals surface area contributed by atoms with Crippen molar-refractivity contribution >= 4 is 28.9 Å². The molecule has 20 heavy (non-hydrogen) atoms. The van der Waals surface area contributed by atoms with E-state index in [1.54, 1.807) is 18.2 Å². The van der Waals surface area contributed by atoms with Crippen molar-refractivity contribution in [3.05, 3.63) is 34.6 Å². The Hall–Kier alpha value is -1.72. The number of nitrogen functional groups attached to an aromatic ring is 1. The van der Waals surface area contributed by atoms with Crippen molar-refractivity contribution in [1.29, 1.82) is 0 Å². The second-order valence-electron chi connectivity index (χ2n) is 3.92. The number of halogens is 2. The maximum Gasteiger partial charge on any atom is 0.249 e. The summed E-state index contributed by atoms with van der Waals surface area (Å²) in [5, 5.41) is 0.886. The quantitative estimate of drug-likeness (QED) is 0.905. The third-order valence-corrected chi connectivity index (χ3v) is 2.88. The van der Waals surface area contributed by atoms with Crippen molar-refractivity contribution in [2.75, 3.05) is 12.3 Å². The van der Waals surface area contributed by atoms with E-state index in [1.807, 2.05) is 6.92 Å². The van der Waals surface area contributed by atoms with Crippen molar-refractivity contribution in [2.24, 2.45) is 0 Å². The molecule has 0 aliphatic heterocycles. The number of anilines is 1. The number of benzene rings is 1. The predicted molar refractivity (Wildman–Crippen MR) is 78.8 cm³/mol. The summed E-state index contributed by atoms with van der Waals surface area (Å²) in [5.41, 5.74) is 6.14. The fraction of sp³-hybridized carbons (Fsp3) is 0.231. The third kappa shape index (κ3) is 3.43. The Balaban J connectivity index is 2.24. The van der Waals surface area contributed by atoms with Crippen LogP contribution in [-0.2, 0) is 0 Å². The smallest absolute Gasteiger partial charge is 0.249 e. The summed E-state index contributed by atoms with van der Waals surface area (Å²) >= 11 is 11.9. The topological polar surface area (TPSA) is 70.3 Å². The van der Waals surface area contributed by atoms with Gasteiger partial charge < -0.3 is 15.2 Å². The van der Waals surface area contributed by atoms with Crippen LogP contribution in [0.25, 0.3) is 0 Å². The van der Waals surface area contributed by atoms with Gasteiger partial charge in [-0.1, -0.05) is 30.1 Å². The van der Waals surface area contributed by atoms with Gasteiger partial charge in [-0.2, -0.15) is 9.97 Å². The number of ether oxygens (including phenoxy) is 2. The van der Waals surface area contributed by atoms with Crippen LogP contribution in [0.3, 0.4) is 0 Å². The van der Waals surface area contributed by atoms with Crippen molar-refractivity contribution in [3.8, 4) is 17.5 Å². The van der Waals surface area contributed by atoms with E-state index < -0.39 is 0 Å². The molecule has 0 spiro atoms. The van der Waals surface area contributed by atoms with Crippen LogP contribution in [0, 0.1) is 0 Å². The van der Waals surface area contributed by atoms with E-state index in [0.29, 0.717) is 28.3 Å². The lowest BCUT2D eigenvalue weighted by molar-refractivity contribution is 0.304. The van der Waals surface area contributed by atoms with Crippen molar-refractivity contribution in [1.82, 2.24) is 9.97 Å². The predicted octanol–water partition coefficient (Wildman–Crippen LogP) is 3.95. The van der Waals surface area contributed by atoms with Crippen molar-refractivity contribution in [2.45, 2.75) is 13.3 Å². The molecule has 0 unspecified atom stereocenters. The third-order valence-electron chi connectivity index (χ3n) is 2.35. The second kappa shape index (κ2) is 6.63. The molecule has 0 aliphatic rings. The fourth-order valence-corrected chi connectivity index (χ4v) is 1.87. The Morgan fingerprint density at radius 2 is 1.95 bits per heavy atom. The van der Waals surface area contributed by atoms with Crippen molar-refractivity contribution < 1.29 is 9.47 Å². The number of nitrogens with zero attached hydrogens (tertiary/aromatic N) is 2. The molecule has 2 aromatic rings. The first-order valence-corrected chi connectivity index (χ1v) is 6.73. The van der Waals surface area contributed by atoms with Gasteiger partial charge in [-0.05, 0) is 24.6 Å². The molecule has 0 saturated carbocycles. The lowest BCUT2D eigenvalue weighted by atomic mass is 10.3. The molecule has 0 aliphatic carbocycles. The van der Waals surface area contributed by atoms with Gasteiger partial charge >= 0.3 is 0 Å². The summed E-state index contributed by atoms with van der Waals surface area (Å²) in [4.78, 5) is 7.94. The minimum Gasteiger partial charge on any atom is -0.476 e. The van der Waals surface area contributed by atoms with Gasteiger partial charge in [0.05, 0.1) is 11.6 Å². The summed E-state index contributed by atoms with van der Waals surface area (Å²) in [5.74, 6) is 0.889. The maximum atomic E-state index is 6.03. The SMILES string of the molecule is CCCOc1ncnc(Oc2ccc(Cl)cc2Cl)c1N. The Kier molecular flexibility index (Phi) is 4.87. The van der Waals surface area contributed by atoms with E-state index in [9.17, 15) is 0 Å². The van der Waals surface area contributed by atoms with E-state index in [4.69, 9.17) is 38.4 Å². The van der Waals surface area contributed by atoms with Crippen LogP contribution in [0.5, 0.6) is 17.5 Å². The molecule has 1 heterocycles. The Morgan fingerprint density at radius 1 is 1.20 bits per heavy atom. The Morgan fingerprint density at radius 3 is 2.65 bits per heavy atom. The fourth-order valence-electron chi connectivity index (χ4n) is 1.42. The maximum absolute atomic E-state index is 6.03. The van der Waals surface area contributed by atoms with Crippen LogP contribution >= 0.6 is 23.2 Å². The average Bonchev–Trinajstić information content (AvgIpc) is 2.42. The second-order valence-corrected chi connectivity index (χ2v) is 4.77. The standard InChI is InChI=1S/C13H13Cl2N3O2/c1-2-5-19-12-11(16)13(18-7-17-12)20-10-4-3-8(14)6-9(10)15/h3-4,6-7H,2,5,16H2,1H3. The van der Waals surface area contributed by atoms with Crippen LogP contribution < -0.4 is 15.2 Å². The van der Waals surface area contributed by atoms with Gasteiger partial charge in [-0.3, -0.25) is 0 Å². The van der Waals surface area contributed by atoms with E-state index in [2.05, 4.69) is 9.97 Å². The normalized spacial score (nSPS) is 10.3. The van der Waals surface area contributed by atoms with E-state index >= 15 is 0 Å². The number of hydrogen-bond acceptors (Lipinski definition) is 5. The minimum absolute atomic E-state index is 0.190. The number of aromatic nitrogens is 2. The highest BCUT2D eigenvalue weighted by atomic mass is 35.5. The van der Waals surface area contributed by atoms with Gasteiger partial charge in [-0.25, -0.2) is 0 Å². The van der Waals surface area contributed by atoms with Crippen LogP contribution in [0.4, 0.5) is 5.69 Å². The van der Waals surface area contributed by atoms with Gasteiger partial charge in [0.2, 0.25) is 11.8 Å². The summed E-state index contributed by atoms with van der Waals surface area (Å²) in [6.45, 7) is 2.50. The summed E-state index contributed by atoms with van der Waals surface area (Å²) in [6, 6.07) is 4.87. The van der Waals surface area contributed by atoms with Gasteiger partial charge in [0.1, 0.15) is 12.1 Å². The molecule has 2 N–H and O–H groups in total. The van der Waals surface area contributed by atoms with E-state index in [0.717, 1.165) is 6.42 Å². The largest absolute Gasteiger partial charge is 0.476 e. The first-order valence-electron chi connectivity index (χ1n) is 5.98. The number of hydrogen-bond donors (Lipinski definition) is 1. The molecule has 2 rings (SSSR count). The molecule has 1 aromatic heterocycles. The summed E-state index contributed by atoms with van der Waals surface area (Å²) < 4.78 is 11.0. The van der Waals surface area contributed by atoms with Gasteiger partial charge in [0.25, 0.3) is 0 Å². The highest BCUT2D eigenvalue weighted by Crippen LogP contribution is 2.35. The van der Waals surface area contributed by atoms with Crippen molar-refractivity contribution in [3.63, 3.8) is 0 Å². The molecule has 0 saturated heterocycles. The van der Waals surface area contributed by atoms with Gasteiger partial charge in [0.15, 0.2) is 5.69 Å². The number of nitrogens with two attached hydrogens (primary N) is 1. The van der Waals surface area contributed by atoms with Crippen LogP contribution in [0.15, 0.2) is 24.5 Å². The van der Waals surface area contributed by atoms with Crippen LogP contribution in [-0.4, -0.2) is 16.6 Å². The molecule has 0 amide bonds. The first kappa shape index (κ1) is 14.7. The zero-order chi connectivity index (χ0) is 14.5. The Labute approximate surface area is 126 Å². The lowest BCUT2D eigenvalue weighted by Crippen LogP contribution is -2.04. The zero-order valence-corrected chi connectivity index (χ0v) is 12.3. The molecular formula is C13H13Cl2N3O2. The van der Waals surface area contributed by atoms with Crippen LogP contribution in [0.1, 0.15) is 13.3 Å². The zero-order valence-electron chi connectivity index (χ0n) is 10.8. The summed E-state index contributed by atoms with van der Waals surface area (Å²) in [7, 11) is 0. The minimum atomic E-state index is 0.190. The van der Waals surface area contributed by atoms with E-state index in [-0.39, 0.29) is 11.6 Å². The van der Waals surface area contributed by atoms with E-state index in [1.165, 1.54) is 6.33 Å². The highest BCUT2D eigenvalue weighted by Gasteiger charge is 2.13. The summed E-state index contributed by atoms with van der Waals surface area (Å²) in [6.07, 6.45) is 2.17. The molecule has 7 heteroatoms. The average molecular weight is 314 g/mol. The lowest BCUT2D eigenvalue weighted by Gasteiger charge is -2.11. The Bertz CT molecular complexity index is 608. The monoisotopic (exact) mass is 313 g/mol. The molecule has 0 bridgehead atoms. The van der Waals surface area contributed by atoms with Gasteiger partial charge in [0, 0.05) is 5.02 Å². The molecule has 0 fully saturated rings. The highest BCUT2D eigenvalue weighted by molar-refractivity contribution is 6.35. The molecule has 5 nitrogen and oxygen atoms in total. The van der Waals surface area contributed by atoms with Crippen LogP contribution in [0.2, 0.25) is 10.0 Å². The molecule has 1 aromatic carbocycles. The molecule has 0 radical (unpaired) electrons. The van der Waals surface area contributed by atoms with Gasteiger partial charge in [-0.15, -0.1) is 0 Å². The number of rotatable bonds is 5.